The van der Waals surface area contributed by atoms with Crippen molar-refractivity contribution in [1.82, 2.24) is 24.5 Å². The summed E-state index contributed by atoms with van der Waals surface area (Å²) in [5.41, 5.74) is 0.929. The van der Waals surface area contributed by atoms with E-state index in [9.17, 15) is 19.3 Å². The Hall–Kier alpha value is -3.34. The predicted octanol–water partition coefficient (Wildman–Crippen LogP) is 2.56. The maximum Gasteiger partial charge on any atom is 0.309 e. The summed E-state index contributed by atoms with van der Waals surface area (Å²) in [6.45, 7) is 2.00. The lowest BCUT2D eigenvalue weighted by molar-refractivity contribution is -0.385. The third kappa shape index (κ3) is 4.49. The van der Waals surface area contributed by atoms with Gasteiger partial charge in [0.15, 0.2) is 0 Å². The molecule has 1 aromatic carbocycles. The molecule has 3 aromatic rings. The fourth-order valence-corrected chi connectivity index (χ4v) is 2.72. The third-order valence-electron chi connectivity index (χ3n) is 3.96. The number of nitrogens with zero attached hydrogens (tertiary/aromatic N) is 6. The molecule has 28 heavy (non-hydrogen) atoms. The van der Waals surface area contributed by atoms with Crippen LogP contribution in [0, 0.1) is 22.9 Å². The molecule has 2 aromatic heterocycles. The van der Waals surface area contributed by atoms with Crippen molar-refractivity contribution >= 4 is 29.1 Å². The molecule has 0 aliphatic carbocycles. The molecule has 0 aliphatic heterocycles. The maximum absolute atomic E-state index is 13.1. The molecule has 0 radical (unpaired) electrons. The SMILES string of the molecule is Cc1c([N+](=O)[O-])cnn1CCC(=O)Nc1ncn(Cc2ccc(F)cc2Cl)n1. The molecule has 0 spiro atoms. The first-order valence-electron chi connectivity index (χ1n) is 8.13. The first-order valence-corrected chi connectivity index (χ1v) is 8.51. The molecule has 0 saturated heterocycles. The van der Waals surface area contributed by atoms with E-state index in [0.29, 0.717) is 11.3 Å². The molecule has 2 heterocycles. The van der Waals surface area contributed by atoms with Crippen molar-refractivity contribution in [2.75, 3.05) is 5.32 Å². The number of aryl methyl sites for hydroxylation is 1. The number of aromatic nitrogens is 5. The molecule has 146 valence electrons. The summed E-state index contributed by atoms with van der Waals surface area (Å²) in [6.07, 6.45) is 2.60. The lowest BCUT2D eigenvalue weighted by atomic mass is 10.2. The van der Waals surface area contributed by atoms with Crippen LogP contribution in [0.2, 0.25) is 5.02 Å². The van der Waals surface area contributed by atoms with Crippen molar-refractivity contribution in [3.63, 3.8) is 0 Å². The lowest BCUT2D eigenvalue weighted by Gasteiger charge is -2.05. The average Bonchev–Trinajstić information content (AvgIpc) is 3.22. The van der Waals surface area contributed by atoms with Crippen molar-refractivity contribution in [1.29, 1.82) is 0 Å². The third-order valence-corrected chi connectivity index (χ3v) is 4.31. The first-order chi connectivity index (χ1) is 13.3. The second-order valence-corrected chi connectivity index (χ2v) is 6.30. The van der Waals surface area contributed by atoms with Crippen molar-refractivity contribution in [3.05, 3.63) is 62.9 Å². The minimum atomic E-state index is -0.525. The molecule has 0 atom stereocenters. The van der Waals surface area contributed by atoms with E-state index in [2.05, 4.69) is 20.5 Å². The summed E-state index contributed by atoms with van der Waals surface area (Å²) in [5.74, 6) is -0.695. The fraction of sp³-hybridized carbons (Fsp3) is 0.250. The minimum Gasteiger partial charge on any atom is -0.293 e. The number of hydrogen-bond donors (Lipinski definition) is 1. The Morgan fingerprint density at radius 2 is 2.21 bits per heavy atom. The number of anilines is 1. The largest absolute Gasteiger partial charge is 0.309 e. The molecule has 1 N–H and O–H groups in total. The molecule has 12 heteroatoms. The first kappa shape index (κ1) is 19.4. The molecule has 3 rings (SSSR count). The zero-order chi connectivity index (χ0) is 20.3. The van der Waals surface area contributed by atoms with Gasteiger partial charge < -0.3 is 0 Å². The molecule has 0 bridgehead atoms. The number of halogens is 2. The highest BCUT2D eigenvalue weighted by Gasteiger charge is 2.17. The minimum absolute atomic E-state index is 0.0397. The molecule has 0 unspecified atom stereocenters. The number of nitrogens with one attached hydrogen (secondary N) is 1. The smallest absolute Gasteiger partial charge is 0.293 e. The van der Waals surface area contributed by atoms with Crippen LogP contribution in [0.25, 0.3) is 0 Å². The van der Waals surface area contributed by atoms with Gasteiger partial charge in [0.2, 0.25) is 11.9 Å². The predicted molar refractivity (Wildman–Crippen MR) is 97.4 cm³/mol. The number of benzene rings is 1. The number of rotatable bonds is 7. The van der Waals surface area contributed by atoms with E-state index in [1.54, 1.807) is 13.0 Å². The van der Waals surface area contributed by atoms with Crippen molar-refractivity contribution in [2.45, 2.75) is 26.4 Å². The standard InChI is InChI=1S/C16H15ClFN7O3/c1-10-14(25(27)28)7-20-24(10)5-4-15(26)21-16-19-9-23(22-16)8-11-2-3-12(18)6-13(11)17/h2-3,6-7,9H,4-5,8H2,1H3,(H,21,22,26). The van der Waals surface area contributed by atoms with E-state index in [4.69, 9.17) is 11.6 Å². The van der Waals surface area contributed by atoms with Gasteiger partial charge in [-0.25, -0.2) is 14.1 Å². The Balaban J connectivity index is 1.56. The monoisotopic (exact) mass is 407 g/mol. The van der Waals surface area contributed by atoms with Gasteiger partial charge in [-0.2, -0.15) is 5.10 Å². The van der Waals surface area contributed by atoms with Crippen LogP contribution in [0.4, 0.5) is 16.0 Å². The second-order valence-electron chi connectivity index (χ2n) is 5.90. The van der Waals surface area contributed by atoms with Gasteiger partial charge in [-0.3, -0.25) is 24.9 Å². The summed E-state index contributed by atoms with van der Waals surface area (Å²) >= 11 is 5.98. The lowest BCUT2D eigenvalue weighted by Crippen LogP contribution is -2.16. The zero-order valence-electron chi connectivity index (χ0n) is 14.7. The Morgan fingerprint density at radius 1 is 1.43 bits per heavy atom. The van der Waals surface area contributed by atoms with Gasteiger partial charge in [0.05, 0.1) is 18.0 Å². The summed E-state index contributed by atoms with van der Waals surface area (Å²) in [6, 6.07) is 4.05. The number of carbonyl (C=O) groups is 1. The summed E-state index contributed by atoms with van der Waals surface area (Å²) in [5, 5.41) is 21.6. The van der Waals surface area contributed by atoms with Gasteiger partial charge in [0.1, 0.15) is 24.0 Å². The number of amides is 1. The molecule has 0 fully saturated rings. The maximum atomic E-state index is 13.1. The molecular weight excluding hydrogens is 393 g/mol. The Morgan fingerprint density at radius 3 is 2.89 bits per heavy atom. The average molecular weight is 408 g/mol. The van der Waals surface area contributed by atoms with Crippen LogP contribution in [0.15, 0.2) is 30.7 Å². The Labute approximate surface area is 163 Å². The van der Waals surface area contributed by atoms with Gasteiger partial charge in [-0.05, 0) is 24.6 Å². The Kier molecular flexibility index (Phi) is 5.64. The number of carbonyl (C=O) groups excluding carboxylic acids is 1. The summed E-state index contributed by atoms with van der Waals surface area (Å²) in [4.78, 5) is 26.3. The molecule has 10 nitrogen and oxygen atoms in total. The van der Waals surface area contributed by atoms with Gasteiger partial charge in [0.25, 0.3) is 0 Å². The van der Waals surface area contributed by atoms with Crippen LogP contribution in [0.3, 0.4) is 0 Å². The highest BCUT2D eigenvalue weighted by molar-refractivity contribution is 6.31. The van der Waals surface area contributed by atoms with E-state index in [0.717, 1.165) is 6.20 Å². The van der Waals surface area contributed by atoms with Gasteiger partial charge in [-0.15, -0.1) is 5.10 Å². The van der Waals surface area contributed by atoms with Crippen LogP contribution in [-0.2, 0) is 17.9 Å². The quantitative estimate of drug-likeness (QED) is 0.474. The van der Waals surface area contributed by atoms with Crippen LogP contribution in [0.1, 0.15) is 17.7 Å². The highest BCUT2D eigenvalue weighted by atomic mass is 35.5. The van der Waals surface area contributed by atoms with E-state index in [1.165, 1.54) is 27.8 Å². The van der Waals surface area contributed by atoms with Gasteiger partial charge in [0, 0.05) is 11.4 Å². The summed E-state index contributed by atoms with van der Waals surface area (Å²) < 4.78 is 15.9. The van der Waals surface area contributed by atoms with Crippen molar-refractivity contribution in [3.8, 4) is 0 Å². The second kappa shape index (κ2) is 8.13. The van der Waals surface area contributed by atoms with Crippen molar-refractivity contribution in [2.24, 2.45) is 0 Å². The van der Waals surface area contributed by atoms with E-state index in [-0.39, 0.29) is 42.1 Å². The van der Waals surface area contributed by atoms with Crippen LogP contribution in [0.5, 0.6) is 0 Å². The number of hydrogen-bond acceptors (Lipinski definition) is 6. The molecular formula is C16H15ClFN7O3. The zero-order valence-corrected chi connectivity index (χ0v) is 15.4. The molecule has 0 saturated carbocycles. The Bertz CT molecular complexity index is 1030. The molecule has 1 amide bonds. The van der Waals surface area contributed by atoms with E-state index in [1.807, 2.05) is 0 Å². The summed E-state index contributed by atoms with van der Waals surface area (Å²) in [7, 11) is 0. The van der Waals surface area contributed by atoms with Crippen LogP contribution in [-0.4, -0.2) is 35.4 Å². The van der Waals surface area contributed by atoms with E-state index < -0.39 is 10.7 Å². The van der Waals surface area contributed by atoms with Gasteiger partial charge in [-0.1, -0.05) is 17.7 Å². The fourth-order valence-electron chi connectivity index (χ4n) is 2.49. The van der Waals surface area contributed by atoms with Gasteiger partial charge >= 0.3 is 5.69 Å². The van der Waals surface area contributed by atoms with Crippen molar-refractivity contribution < 1.29 is 14.1 Å². The van der Waals surface area contributed by atoms with E-state index >= 15 is 0 Å². The molecule has 0 aliphatic rings. The normalized spacial score (nSPS) is 10.8. The topological polar surface area (TPSA) is 121 Å². The number of nitro groups is 1. The highest BCUT2D eigenvalue weighted by Crippen LogP contribution is 2.18. The van der Waals surface area contributed by atoms with Crippen LogP contribution >= 0.6 is 11.6 Å². The van der Waals surface area contributed by atoms with Crippen LogP contribution < -0.4 is 5.32 Å².